The van der Waals surface area contributed by atoms with Gasteiger partial charge in [-0.15, -0.1) is 0 Å². The molecule has 6 saturated heterocycles. The van der Waals surface area contributed by atoms with Crippen LogP contribution < -0.4 is 0 Å². The van der Waals surface area contributed by atoms with E-state index in [1.807, 2.05) is 6.92 Å². The Bertz CT molecular complexity index is 2710. The van der Waals surface area contributed by atoms with Gasteiger partial charge in [-0.05, 0) is 111 Å². The predicted octanol–water partition coefficient (Wildman–Crippen LogP) is -5.75. The minimum atomic E-state index is -2.06. The van der Waals surface area contributed by atoms with Gasteiger partial charge < -0.3 is 154 Å². The third-order valence-electron chi connectivity index (χ3n) is 25.3. The van der Waals surface area contributed by atoms with E-state index in [1.54, 1.807) is 0 Å². The van der Waals surface area contributed by atoms with Gasteiger partial charge in [0.25, 0.3) is 0 Å². The second-order valence-electron chi connectivity index (χ2n) is 31.3. The summed E-state index contributed by atoms with van der Waals surface area (Å²) >= 11 is 0. The first-order chi connectivity index (χ1) is 45.6. The number of hydrogen-bond acceptors (Lipinski definition) is 32. The molecule has 0 amide bonds. The van der Waals surface area contributed by atoms with Crippen molar-refractivity contribution in [1.29, 1.82) is 0 Å². The van der Waals surface area contributed by atoms with Gasteiger partial charge in [0.05, 0.1) is 57.3 Å². The zero-order valence-electron chi connectivity index (χ0n) is 55.7. The fourth-order valence-electron chi connectivity index (χ4n) is 19.0. The molecule has 558 valence electrons. The van der Waals surface area contributed by atoms with E-state index in [9.17, 15) is 97.0 Å². The van der Waals surface area contributed by atoms with Gasteiger partial charge >= 0.3 is 5.97 Å². The summed E-state index contributed by atoms with van der Waals surface area (Å²) in [5, 5.41) is 206. The summed E-state index contributed by atoms with van der Waals surface area (Å²) < 4.78 is 71.2. The van der Waals surface area contributed by atoms with Crippen LogP contribution in [0.5, 0.6) is 0 Å². The number of fused-ring (bicyclic) bond motifs is 7. The lowest BCUT2D eigenvalue weighted by Gasteiger charge is -2.71. The van der Waals surface area contributed by atoms with Crippen molar-refractivity contribution in [2.75, 3.05) is 39.6 Å². The highest BCUT2D eigenvalue weighted by Crippen LogP contribution is 2.76. The third-order valence-corrected chi connectivity index (χ3v) is 25.3. The lowest BCUT2D eigenvalue weighted by molar-refractivity contribution is -0.390. The van der Waals surface area contributed by atoms with Crippen molar-refractivity contribution >= 4 is 5.97 Å². The van der Waals surface area contributed by atoms with Gasteiger partial charge in [0.1, 0.15) is 134 Å². The van der Waals surface area contributed by atoms with Gasteiger partial charge in [-0.1, -0.05) is 53.2 Å². The maximum Gasteiger partial charge on any atom is 0.315 e. The van der Waals surface area contributed by atoms with E-state index < -0.39 is 245 Å². The third kappa shape index (κ3) is 13.2. The van der Waals surface area contributed by atoms with Crippen LogP contribution >= 0.6 is 0 Å². The van der Waals surface area contributed by atoms with Gasteiger partial charge in [-0.25, -0.2) is 0 Å². The molecule has 0 aromatic carbocycles. The molecule has 19 N–H and O–H groups in total. The highest BCUT2D eigenvalue weighted by atomic mass is 16.8. The van der Waals surface area contributed by atoms with E-state index >= 15 is 4.79 Å². The number of aliphatic hydroxyl groups excluding tert-OH is 19. The van der Waals surface area contributed by atoms with Gasteiger partial charge in [-0.3, -0.25) is 4.79 Å². The number of ether oxygens (including phenoxy) is 12. The Balaban J connectivity index is 0.772. The number of allylic oxidation sites excluding steroid dienone is 2. The fourth-order valence-corrected chi connectivity index (χ4v) is 19.0. The minimum Gasteiger partial charge on any atom is -0.432 e. The first-order valence-electron chi connectivity index (χ1n) is 34.3. The molecule has 97 heavy (non-hydrogen) atoms. The normalized spacial score (nSPS) is 54.7. The zero-order valence-corrected chi connectivity index (χ0v) is 55.7. The largest absolute Gasteiger partial charge is 0.432 e. The van der Waals surface area contributed by atoms with Crippen LogP contribution in [0.15, 0.2) is 11.6 Å². The zero-order chi connectivity index (χ0) is 70.7. The van der Waals surface area contributed by atoms with Gasteiger partial charge in [0.15, 0.2) is 31.5 Å². The van der Waals surface area contributed by atoms with E-state index in [4.69, 9.17) is 56.8 Å². The first kappa shape index (κ1) is 76.1. The molecule has 0 aromatic heterocycles. The molecule has 32 nitrogen and oxygen atoms in total. The molecule has 0 bridgehead atoms. The minimum absolute atomic E-state index is 0.0526. The molecule has 6 heterocycles. The Morgan fingerprint density at radius 2 is 1.03 bits per heavy atom. The molecule has 11 rings (SSSR count). The maximum atomic E-state index is 15.2. The Kier molecular flexibility index (Phi) is 22.6. The van der Waals surface area contributed by atoms with Crippen molar-refractivity contribution in [3.8, 4) is 0 Å². The van der Waals surface area contributed by atoms with Crippen molar-refractivity contribution < 1.29 is 159 Å². The highest BCUT2D eigenvalue weighted by molar-refractivity contribution is 5.79. The second kappa shape index (κ2) is 28.8. The van der Waals surface area contributed by atoms with E-state index in [0.717, 1.165) is 12.0 Å². The van der Waals surface area contributed by atoms with E-state index in [0.29, 0.717) is 57.8 Å². The van der Waals surface area contributed by atoms with Crippen LogP contribution in [-0.2, 0) is 61.6 Å². The van der Waals surface area contributed by atoms with Crippen molar-refractivity contribution in [2.24, 2.45) is 50.2 Å². The Morgan fingerprint density at radius 1 is 0.495 bits per heavy atom. The van der Waals surface area contributed by atoms with Crippen molar-refractivity contribution in [3.63, 3.8) is 0 Å². The fraction of sp³-hybridized carbons (Fsp3) is 0.954. The molecule has 5 aliphatic carbocycles. The molecule has 6 aliphatic heterocycles. The van der Waals surface area contributed by atoms with Crippen LogP contribution in [0.1, 0.15) is 113 Å². The molecular formula is C65H106O32. The van der Waals surface area contributed by atoms with E-state index in [1.165, 1.54) is 6.92 Å². The molecular weight excluding hydrogens is 1290 g/mol. The van der Waals surface area contributed by atoms with Gasteiger partial charge in [0.2, 0.25) is 6.29 Å². The monoisotopic (exact) mass is 1400 g/mol. The number of aliphatic hydroxyl groups is 19. The quantitative estimate of drug-likeness (QED) is 0.0366. The number of hydrogen-bond donors (Lipinski definition) is 19. The molecule has 32 heteroatoms. The van der Waals surface area contributed by atoms with Crippen LogP contribution in [-0.4, -0.2) is 327 Å². The summed E-state index contributed by atoms with van der Waals surface area (Å²) in [6.45, 7) is 10.9. The second-order valence-corrected chi connectivity index (χ2v) is 31.3. The van der Waals surface area contributed by atoms with Crippen LogP contribution in [0.4, 0.5) is 0 Å². The number of esters is 1. The lowest BCUT2D eigenvalue weighted by atomic mass is 9.33. The SMILES string of the molecule is C[C@@H]1O[C@@H](O[C@H]2[C@H](O[C@H]3CC[C@@]4(C)[C@@H](CC[C@]5(C)[C@@H]4CC=C4[C@@H]6CC(C)(C)CC[C@]6(C(=O)O[C@@H]6O[C@H](CO[C@@H]7O[C@H](CO)[C@@H](O)[C@H](O)[C@H]7O)[C@@H](O)[C@H](O)[C@H]6O)CC[C@]45C)[C@]3(C)CO)OC[C@H](O)[C@@H]2O)[C@H](O)[C@H](O[C@@H]2O[C@H](CO)[C@@H](O[C@@H]3O[C@H](CO)[C@@H](O)[C@H](O)[C@H]3O)[C@H](O)[C@H]2O)[C@H]1O. The van der Waals surface area contributed by atoms with Crippen molar-refractivity contribution in [3.05, 3.63) is 11.6 Å². The van der Waals surface area contributed by atoms with Crippen LogP contribution in [0, 0.1) is 50.2 Å². The Morgan fingerprint density at radius 3 is 1.66 bits per heavy atom. The number of carbonyl (C=O) groups excluding carboxylic acids is 1. The van der Waals surface area contributed by atoms with Crippen molar-refractivity contribution in [2.45, 2.75) is 297 Å². The van der Waals surface area contributed by atoms with E-state index in [-0.39, 0.29) is 35.2 Å². The summed E-state index contributed by atoms with van der Waals surface area (Å²) in [6, 6.07) is 0. The van der Waals surface area contributed by atoms with E-state index in [2.05, 4.69) is 40.7 Å². The molecule has 11 aliphatic rings. The molecule has 0 spiro atoms. The summed E-state index contributed by atoms with van der Waals surface area (Å²) in [5.41, 5.74) is -2.30. The topological polar surface area (TPSA) is 512 Å². The standard InChI is InChI=1S/C65H106O32/c1-25-36(71)51(95-55-48(83)44(79)50(31(21-68)91-55)94-54-46(81)42(77)39(74)30(20-67)90-54)49(84)57(88-25)96-52-37(72)28(70)22-86-58(52)93-35-11-12-61(4)33(62(35,5)24-69)10-13-64(7)34(61)9-8-26-27-18-60(2,3)14-16-65(27,17-15-63(26,64)6)59(85)97-56-47(82)43(78)40(75)32(92-56)23-87-53-45(80)41(76)38(73)29(19-66)89-53/h8,25,27-58,66-84H,9-24H2,1-7H3/t25-,27-,28-,29+,30+,31+,32+,33+,34+,35-,36-,37-,38+,39+,40+,41-,42-,43-,44+,45+,46+,47+,48+,49+,50+,51+,52+,53+,54-,55-,56-,57-,58-,61-,62-,63+,64+,65-/m0/s1. The smallest absolute Gasteiger partial charge is 0.315 e. The van der Waals surface area contributed by atoms with Gasteiger partial charge in [0, 0.05) is 5.41 Å². The average molecular weight is 1400 g/mol. The predicted molar refractivity (Wildman–Crippen MR) is 322 cm³/mol. The van der Waals surface area contributed by atoms with Crippen LogP contribution in [0.3, 0.4) is 0 Å². The molecule has 38 atom stereocenters. The molecule has 0 radical (unpaired) electrons. The number of rotatable bonds is 17. The van der Waals surface area contributed by atoms with Crippen LogP contribution in [0.25, 0.3) is 0 Å². The molecule has 0 unspecified atom stereocenters. The Labute approximate surface area is 561 Å². The summed E-state index contributed by atoms with van der Waals surface area (Å²) in [5.74, 6) is -1.05. The number of carbonyl (C=O) groups is 1. The lowest BCUT2D eigenvalue weighted by Crippen LogP contribution is -2.67. The van der Waals surface area contributed by atoms with Gasteiger partial charge in [-0.2, -0.15) is 0 Å². The summed E-state index contributed by atoms with van der Waals surface area (Å²) in [4.78, 5) is 15.2. The maximum absolute atomic E-state index is 15.2. The summed E-state index contributed by atoms with van der Waals surface area (Å²) in [7, 11) is 0. The average Bonchev–Trinajstić information content (AvgIpc) is 0.675. The summed E-state index contributed by atoms with van der Waals surface area (Å²) in [6.07, 6.45) is -42.2. The molecule has 4 saturated carbocycles. The highest BCUT2D eigenvalue weighted by Gasteiger charge is 2.71. The molecule has 10 fully saturated rings. The van der Waals surface area contributed by atoms with Crippen LogP contribution in [0.2, 0.25) is 0 Å². The molecule has 0 aromatic rings. The first-order valence-corrected chi connectivity index (χ1v) is 34.3. The Hall–Kier alpha value is -1.99. The van der Waals surface area contributed by atoms with Crippen molar-refractivity contribution in [1.82, 2.24) is 0 Å².